The average Bonchev–Trinajstić information content (AvgIpc) is 3.18. The molecule has 2 N–H and O–H groups in total. The molecule has 1 atom stereocenters. The van der Waals surface area contributed by atoms with Crippen molar-refractivity contribution >= 4 is 0 Å². The van der Waals surface area contributed by atoms with E-state index in [1.165, 1.54) is 38.8 Å². The lowest BCUT2D eigenvalue weighted by Gasteiger charge is -2.26. The lowest BCUT2D eigenvalue weighted by Crippen LogP contribution is -2.41. The minimum Gasteiger partial charge on any atom is -0.395 e. The quantitative estimate of drug-likeness (QED) is 0.624. The molecule has 0 saturated heterocycles. The van der Waals surface area contributed by atoms with E-state index in [0.717, 1.165) is 24.8 Å². The van der Waals surface area contributed by atoms with E-state index in [2.05, 4.69) is 24.1 Å². The van der Waals surface area contributed by atoms with Gasteiger partial charge in [-0.25, -0.2) is 0 Å². The van der Waals surface area contributed by atoms with Crippen LogP contribution in [-0.2, 0) is 0 Å². The second kappa shape index (κ2) is 6.88. The van der Waals surface area contributed by atoms with Gasteiger partial charge in [-0.05, 0) is 50.5 Å². The van der Waals surface area contributed by atoms with Crippen molar-refractivity contribution in [1.29, 1.82) is 0 Å². The van der Waals surface area contributed by atoms with Crippen molar-refractivity contribution in [2.75, 3.05) is 26.2 Å². The lowest BCUT2D eigenvalue weighted by molar-refractivity contribution is 0.193. The van der Waals surface area contributed by atoms with E-state index in [1.807, 2.05) is 0 Å². The zero-order valence-electron chi connectivity index (χ0n) is 12.1. The molecule has 0 aromatic carbocycles. The third-order valence-corrected chi connectivity index (χ3v) is 4.01. The van der Waals surface area contributed by atoms with Crippen molar-refractivity contribution in [3.63, 3.8) is 0 Å². The summed E-state index contributed by atoms with van der Waals surface area (Å²) in [6, 6.07) is 0.730. The molecule has 2 aliphatic carbocycles. The van der Waals surface area contributed by atoms with Gasteiger partial charge in [0.15, 0.2) is 0 Å². The van der Waals surface area contributed by atoms with Gasteiger partial charge in [0.05, 0.1) is 6.61 Å². The smallest absolute Gasteiger partial charge is 0.0585 e. The fourth-order valence-electron chi connectivity index (χ4n) is 2.63. The van der Waals surface area contributed by atoms with Gasteiger partial charge in [-0.15, -0.1) is 0 Å². The summed E-state index contributed by atoms with van der Waals surface area (Å²) >= 11 is 0. The minimum absolute atomic E-state index is 0.263. The Labute approximate surface area is 112 Å². The molecule has 2 aliphatic rings. The zero-order chi connectivity index (χ0) is 13.0. The molecular weight excluding hydrogens is 224 g/mol. The molecule has 3 nitrogen and oxygen atoms in total. The van der Waals surface area contributed by atoms with Gasteiger partial charge in [-0.2, -0.15) is 0 Å². The fourth-order valence-corrected chi connectivity index (χ4v) is 2.63. The molecule has 0 aliphatic heterocycles. The van der Waals surface area contributed by atoms with Crippen LogP contribution in [0.4, 0.5) is 0 Å². The van der Waals surface area contributed by atoms with Crippen LogP contribution >= 0.6 is 0 Å². The molecule has 2 saturated carbocycles. The largest absolute Gasteiger partial charge is 0.395 e. The Hall–Kier alpha value is -0.120. The molecule has 3 heteroatoms. The van der Waals surface area contributed by atoms with E-state index in [-0.39, 0.29) is 12.6 Å². The summed E-state index contributed by atoms with van der Waals surface area (Å²) in [6.07, 6.45) is 6.83. The van der Waals surface area contributed by atoms with E-state index in [0.29, 0.717) is 6.04 Å². The van der Waals surface area contributed by atoms with E-state index < -0.39 is 0 Å². The number of hydrogen-bond donors (Lipinski definition) is 2. The molecule has 2 rings (SSSR count). The van der Waals surface area contributed by atoms with Gasteiger partial charge in [0.1, 0.15) is 0 Å². The molecule has 0 spiro atoms. The fraction of sp³-hybridized carbons (Fsp3) is 1.00. The highest BCUT2D eigenvalue weighted by molar-refractivity contribution is 4.83. The third-order valence-electron chi connectivity index (χ3n) is 4.01. The van der Waals surface area contributed by atoms with Crippen molar-refractivity contribution in [1.82, 2.24) is 10.2 Å². The van der Waals surface area contributed by atoms with Crippen LogP contribution in [0.3, 0.4) is 0 Å². The van der Waals surface area contributed by atoms with E-state index in [9.17, 15) is 5.11 Å². The normalized spacial score (nSPS) is 21.8. The van der Waals surface area contributed by atoms with Crippen molar-refractivity contribution in [2.24, 2.45) is 11.8 Å². The number of aliphatic hydroxyl groups excluding tert-OH is 1. The maximum atomic E-state index is 9.40. The summed E-state index contributed by atoms with van der Waals surface area (Å²) < 4.78 is 0. The molecular formula is C15H30N2O. The second-order valence-electron chi connectivity index (χ2n) is 6.64. The first-order valence-electron chi connectivity index (χ1n) is 7.76. The molecule has 1 unspecified atom stereocenters. The summed E-state index contributed by atoms with van der Waals surface area (Å²) in [4.78, 5) is 2.65. The predicted octanol–water partition coefficient (Wildman–Crippen LogP) is 1.86. The number of hydrogen-bond acceptors (Lipinski definition) is 3. The van der Waals surface area contributed by atoms with E-state index in [4.69, 9.17) is 0 Å². The number of aliphatic hydroxyl groups is 1. The van der Waals surface area contributed by atoms with Gasteiger partial charge in [0.2, 0.25) is 0 Å². The molecule has 0 aromatic heterocycles. The van der Waals surface area contributed by atoms with Gasteiger partial charge >= 0.3 is 0 Å². The van der Waals surface area contributed by atoms with Crippen LogP contribution in [0.1, 0.15) is 46.0 Å². The standard InChI is InChI=1S/C15H30N2O/c1-12(2)16-15(11-18)7-8-17(9-13-3-4-13)10-14-5-6-14/h12-16,18H,3-11H2,1-2H3. The predicted molar refractivity (Wildman–Crippen MR) is 75.7 cm³/mol. The second-order valence-corrected chi connectivity index (χ2v) is 6.64. The highest BCUT2D eigenvalue weighted by Crippen LogP contribution is 2.33. The number of nitrogens with zero attached hydrogens (tertiary/aromatic N) is 1. The van der Waals surface area contributed by atoms with Gasteiger partial charge in [-0.3, -0.25) is 0 Å². The summed E-state index contributed by atoms with van der Waals surface area (Å²) in [5, 5.41) is 12.8. The summed E-state index contributed by atoms with van der Waals surface area (Å²) in [6.45, 7) is 8.31. The molecule has 0 aromatic rings. The molecule has 0 heterocycles. The van der Waals surface area contributed by atoms with Crippen LogP contribution < -0.4 is 5.32 Å². The third kappa shape index (κ3) is 5.68. The number of nitrogens with one attached hydrogen (secondary N) is 1. The van der Waals surface area contributed by atoms with Gasteiger partial charge in [-0.1, -0.05) is 13.8 Å². The lowest BCUT2D eigenvalue weighted by atomic mass is 10.1. The Balaban J connectivity index is 1.68. The zero-order valence-corrected chi connectivity index (χ0v) is 12.1. The Morgan fingerprint density at radius 3 is 2.06 bits per heavy atom. The SMILES string of the molecule is CC(C)NC(CO)CCN(CC1CC1)CC1CC1. The first kappa shape index (κ1) is 14.3. The summed E-state index contributed by atoms with van der Waals surface area (Å²) in [5.41, 5.74) is 0. The van der Waals surface area contributed by atoms with Crippen molar-refractivity contribution in [2.45, 2.75) is 58.0 Å². The van der Waals surface area contributed by atoms with Gasteiger partial charge in [0.25, 0.3) is 0 Å². The van der Waals surface area contributed by atoms with Crippen LogP contribution in [0.2, 0.25) is 0 Å². The molecule has 0 bridgehead atoms. The monoisotopic (exact) mass is 254 g/mol. The van der Waals surface area contributed by atoms with Gasteiger partial charge < -0.3 is 15.3 Å². The average molecular weight is 254 g/mol. The van der Waals surface area contributed by atoms with Crippen LogP contribution in [0, 0.1) is 11.8 Å². The van der Waals surface area contributed by atoms with Gasteiger partial charge in [0, 0.05) is 25.2 Å². The maximum absolute atomic E-state index is 9.40. The maximum Gasteiger partial charge on any atom is 0.0585 e. The Morgan fingerprint density at radius 2 is 1.67 bits per heavy atom. The molecule has 0 radical (unpaired) electrons. The van der Waals surface area contributed by atoms with Crippen LogP contribution in [0.25, 0.3) is 0 Å². The first-order valence-corrected chi connectivity index (χ1v) is 7.76. The Kier molecular flexibility index (Phi) is 5.46. The summed E-state index contributed by atoms with van der Waals surface area (Å²) in [7, 11) is 0. The van der Waals surface area contributed by atoms with Crippen LogP contribution in [0.5, 0.6) is 0 Å². The molecule has 2 fully saturated rings. The van der Waals surface area contributed by atoms with E-state index >= 15 is 0 Å². The molecule has 0 amide bonds. The highest BCUT2D eigenvalue weighted by Gasteiger charge is 2.29. The molecule has 18 heavy (non-hydrogen) atoms. The molecule has 106 valence electrons. The minimum atomic E-state index is 0.263. The Morgan fingerprint density at radius 1 is 1.11 bits per heavy atom. The number of rotatable bonds is 10. The van der Waals surface area contributed by atoms with Crippen LogP contribution in [-0.4, -0.2) is 48.3 Å². The van der Waals surface area contributed by atoms with E-state index in [1.54, 1.807) is 0 Å². The first-order chi connectivity index (χ1) is 8.67. The Bertz CT molecular complexity index is 223. The summed E-state index contributed by atoms with van der Waals surface area (Å²) in [5.74, 6) is 1.96. The van der Waals surface area contributed by atoms with Crippen molar-refractivity contribution < 1.29 is 5.11 Å². The van der Waals surface area contributed by atoms with Crippen LogP contribution in [0.15, 0.2) is 0 Å². The highest BCUT2D eigenvalue weighted by atomic mass is 16.3. The van der Waals surface area contributed by atoms with Crippen molar-refractivity contribution in [3.8, 4) is 0 Å². The topological polar surface area (TPSA) is 35.5 Å². The van der Waals surface area contributed by atoms with Crippen molar-refractivity contribution in [3.05, 3.63) is 0 Å².